The average molecular weight is 249 g/mol. The topological polar surface area (TPSA) is 53.0 Å². The normalized spacial score (nSPS) is 17.1. The highest BCUT2D eigenvalue weighted by Gasteiger charge is 2.26. The second-order valence-electron chi connectivity index (χ2n) is 4.94. The maximum Gasteiger partial charge on any atom is 0.101 e. The van der Waals surface area contributed by atoms with Crippen LogP contribution in [0.4, 0.5) is 17.1 Å². The van der Waals surface area contributed by atoms with E-state index in [0.717, 1.165) is 12.1 Å². The van der Waals surface area contributed by atoms with Gasteiger partial charge in [0.25, 0.3) is 0 Å². The summed E-state index contributed by atoms with van der Waals surface area (Å²) < 4.78 is 0. The minimum atomic E-state index is 0.407. The Hall–Kier alpha value is -2.47. The molecule has 1 atom stereocenters. The van der Waals surface area contributed by atoms with Gasteiger partial charge in [-0.1, -0.05) is 18.2 Å². The molecular weight excluding hydrogens is 234 g/mol. The number of hydrogen-bond donors (Lipinski definition) is 1. The van der Waals surface area contributed by atoms with E-state index in [0.29, 0.717) is 17.3 Å². The number of rotatable bonds is 1. The van der Waals surface area contributed by atoms with Crippen molar-refractivity contribution in [3.05, 3.63) is 53.6 Å². The molecule has 1 aliphatic rings. The molecule has 94 valence electrons. The van der Waals surface area contributed by atoms with Gasteiger partial charge >= 0.3 is 0 Å². The first-order chi connectivity index (χ1) is 9.20. The van der Waals surface area contributed by atoms with E-state index in [4.69, 9.17) is 11.0 Å². The van der Waals surface area contributed by atoms with Crippen LogP contribution in [-0.4, -0.2) is 6.04 Å². The predicted octanol–water partition coefficient (Wildman–Crippen LogP) is 3.22. The summed E-state index contributed by atoms with van der Waals surface area (Å²) in [4.78, 5) is 2.28. The number of nitrogen functional groups attached to an aromatic ring is 1. The van der Waals surface area contributed by atoms with Crippen molar-refractivity contribution >= 4 is 17.1 Å². The molecule has 0 amide bonds. The Bertz CT molecular complexity index is 670. The Morgan fingerprint density at radius 1 is 1.26 bits per heavy atom. The molecule has 2 N–H and O–H groups in total. The van der Waals surface area contributed by atoms with Crippen LogP contribution in [-0.2, 0) is 6.42 Å². The number of anilines is 3. The Morgan fingerprint density at radius 3 is 2.79 bits per heavy atom. The molecule has 2 aromatic rings. The van der Waals surface area contributed by atoms with E-state index in [1.54, 1.807) is 6.07 Å². The molecule has 0 saturated heterocycles. The van der Waals surface area contributed by atoms with Crippen LogP contribution in [0.15, 0.2) is 42.5 Å². The number of nitrogens with zero attached hydrogens (tertiary/aromatic N) is 2. The maximum atomic E-state index is 8.94. The van der Waals surface area contributed by atoms with Gasteiger partial charge in [-0.25, -0.2) is 0 Å². The van der Waals surface area contributed by atoms with Gasteiger partial charge < -0.3 is 10.6 Å². The van der Waals surface area contributed by atoms with E-state index in [1.807, 2.05) is 12.1 Å². The van der Waals surface area contributed by atoms with Gasteiger partial charge in [-0.2, -0.15) is 5.26 Å². The van der Waals surface area contributed by atoms with Crippen molar-refractivity contribution in [1.29, 1.82) is 5.26 Å². The number of para-hydroxylation sites is 1. The fourth-order valence-corrected chi connectivity index (χ4v) is 2.76. The van der Waals surface area contributed by atoms with Gasteiger partial charge in [0, 0.05) is 17.4 Å². The van der Waals surface area contributed by atoms with Gasteiger partial charge in [0.05, 0.1) is 11.3 Å². The standard InChI is InChI=1S/C16H15N3/c1-11-8-12-4-2-3-5-16(12)19(11)14-7-6-13(10-17)15(18)9-14/h2-7,9,11H,8,18H2,1H3. The molecule has 0 saturated carbocycles. The number of hydrogen-bond acceptors (Lipinski definition) is 3. The van der Waals surface area contributed by atoms with E-state index in [2.05, 4.69) is 42.2 Å². The molecule has 0 fully saturated rings. The molecule has 0 spiro atoms. The Labute approximate surface area is 112 Å². The molecule has 0 radical (unpaired) electrons. The van der Waals surface area contributed by atoms with Crippen LogP contribution in [0.1, 0.15) is 18.1 Å². The second-order valence-corrected chi connectivity index (χ2v) is 4.94. The lowest BCUT2D eigenvalue weighted by Crippen LogP contribution is -2.23. The highest BCUT2D eigenvalue weighted by molar-refractivity contribution is 5.74. The molecule has 3 rings (SSSR count). The summed E-state index contributed by atoms with van der Waals surface area (Å²) >= 11 is 0. The first kappa shape index (κ1) is 11.6. The summed E-state index contributed by atoms with van der Waals surface area (Å²) in [6.07, 6.45) is 1.04. The monoisotopic (exact) mass is 249 g/mol. The first-order valence-corrected chi connectivity index (χ1v) is 6.37. The minimum Gasteiger partial charge on any atom is -0.398 e. The van der Waals surface area contributed by atoms with Crippen molar-refractivity contribution < 1.29 is 0 Å². The molecule has 1 heterocycles. The fourth-order valence-electron chi connectivity index (χ4n) is 2.76. The lowest BCUT2D eigenvalue weighted by atomic mass is 10.1. The lowest BCUT2D eigenvalue weighted by molar-refractivity contribution is 0.759. The quantitative estimate of drug-likeness (QED) is 0.789. The third-order valence-electron chi connectivity index (χ3n) is 3.64. The zero-order valence-corrected chi connectivity index (χ0v) is 10.8. The van der Waals surface area contributed by atoms with E-state index in [1.165, 1.54) is 11.3 Å². The van der Waals surface area contributed by atoms with Crippen molar-refractivity contribution in [3.8, 4) is 6.07 Å². The lowest BCUT2D eigenvalue weighted by Gasteiger charge is -2.25. The number of nitriles is 1. The average Bonchev–Trinajstić information content (AvgIpc) is 2.74. The summed E-state index contributed by atoms with van der Waals surface area (Å²) in [5, 5.41) is 8.94. The Kier molecular flexibility index (Phi) is 2.64. The largest absolute Gasteiger partial charge is 0.398 e. The van der Waals surface area contributed by atoms with Crippen molar-refractivity contribution in [2.75, 3.05) is 10.6 Å². The van der Waals surface area contributed by atoms with E-state index in [9.17, 15) is 0 Å². The minimum absolute atomic E-state index is 0.407. The number of benzene rings is 2. The van der Waals surface area contributed by atoms with Crippen LogP contribution >= 0.6 is 0 Å². The molecule has 3 heteroatoms. The molecule has 19 heavy (non-hydrogen) atoms. The van der Waals surface area contributed by atoms with Crippen molar-refractivity contribution in [1.82, 2.24) is 0 Å². The fraction of sp³-hybridized carbons (Fsp3) is 0.188. The second kappa shape index (κ2) is 4.33. The van der Waals surface area contributed by atoms with Gasteiger partial charge in [0.15, 0.2) is 0 Å². The van der Waals surface area contributed by atoms with E-state index >= 15 is 0 Å². The molecule has 1 unspecified atom stereocenters. The Balaban J connectivity index is 2.08. The summed E-state index contributed by atoms with van der Waals surface area (Å²) in [6.45, 7) is 2.20. The van der Waals surface area contributed by atoms with E-state index in [-0.39, 0.29) is 0 Å². The summed E-state index contributed by atoms with van der Waals surface area (Å²) in [5.74, 6) is 0. The van der Waals surface area contributed by atoms with Crippen molar-refractivity contribution in [2.24, 2.45) is 0 Å². The zero-order chi connectivity index (χ0) is 13.4. The van der Waals surface area contributed by atoms with Crippen LogP contribution in [0.5, 0.6) is 0 Å². The summed E-state index contributed by atoms with van der Waals surface area (Å²) in [5.41, 5.74) is 10.6. The van der Waals surface area contributed by atoms with Crippen LogP contribution in [0.2, 0.25) is 0 Å². The number of fused-ring (bicyclic) bond motifs is 1. The molecule has 2 aromatic carbocycles. The molecule has 0 aromatic heterocycles. The van der Waals surface area contributed by atoms with Gasteiger partial charge in [-0.05, 0) is 43.2 Å². The van der Waals surface area contributed by atoms with Gasteiger partial charge in [0.1, 0.15) is 6.07 Å². The number of nitrogens with two attached hydrogens (primary N) is 1. The summed E-state index contributed by atoms with van der Waals surface area (Å²) in [6, 6.07) is 16.6. The smallest absolute Gasteiger partial charge is 0.101 e. The van der Waals surface area contributed by atoms with Crippen LogP contribution in [0.25, 0.3) is 0 Å². The zero-order valence-electron chi connectivity index (χ0n) is 10.8. The SMILES string of the molecule is CC1Cc2ccccc2N1c1ccc(C#N)c(N)c1. The van der Waals surface area contributed by atoms with Crippen LogP contribution in [0, 0.1) is 11.3 Å². The summed E-state index contributed by atoms with van der Waals surface area (Å²) in [7, 11) is 0. The van der Waals surface area contributed by atoms with Crippen LogP contribution in [0.3, 0.4) is 0 Å². The van der Waals surface area contributed by atoms with Gasteiger partial charge in [-0.15, -0.1) is 0 Å². The molecular formula is C16H15N3. The van der Waals surface area contributed by atoms with E-state index < -0.39 is 0 Å². The molecule has 3 nitrogen and oxygen atoms in total. The van der Waals surface area contributed by atoms with Gasteiger partial charge in [0.2, 0.25) is 0 Å². The first-order valence-electron chi connectivity index (χ1n) is 6.37. The highest BCUT2D eigenvalue weighted by Crippen LogP contribution is 2.38. The predicted molar refractivity (Wildman–Crippen MR) is 77.3 cm³/mol. The third kappa shape index (κ3) is 1.82. The highest BCUT2D eigenvalue weighted by atomic mass is 15.2. The Morgan fingerprint density at radius 2 is 2.05 bits per heavy atom. The van der Waals surface area contributed by atoms with Crippen LogP contribution < -0.4 is 10.6 Å². The van der Waals surface area contributed by atoms with Crippen molar-refractivity contribution in [3.63, 3.8) is 0 Å². The van der Waals surface area contributed by atoms with Gasteiger partial charge in [-0.3, -0.25) is 0 Å². The molecule has 1 aliphatic heterocycles. The molecule has 0 bridgehead atoms. The van der Waals surface area contributed by atoms with Crippen molar-refractivity contribution in [2.45, 2.75) is 19.4 Å². The molecule has 0 aliphatic carbocycles. The maximum absolute atomic E-state index is 8.94. The third-order valence-corrected chi connectivity index (χ3v) is 3.64.